The van der Waals surface area contributed by atoms with Gasteiger partial charge in [-0.3, -0.25) is 4.68 Å². The standard InChI is InChI=1S/C18H27N3O3.C4H4O4/c1-15(2)19-13-16(22)14-24-18-7-5-17(6-8-18)23-12-4-11-21-10-3-9-20-21;5-3(6)1-2-4(7)8/h3,5-10,15-16,19,22H,4,11-14H2,1-2H3;1-2H,(H,5,6)(H,7,8). The summed E-state index contributed by atoms with van der Waals surface area (Å²) in [5.41, 5.74) is 0. The van der Waals surface area contributed by atoms with Gasteiger partial charge in [-0.15, -0.1) is 0 Å². The Morgan fingerprint density at radius 3 is 2.19 bits per heavy atom. The van der Waals surface area contributed by atoms with Gasteiger partial charge >= 0.3 is 11.9 Å². The highest BCUT2D eigenvalue weighted by Crippen LogP contribution is 2.18. The first-order valence-electron chi connectivity index (χ1n) is 10.1. The first-order chi connectivity index (χ1) is 15.3. The molecule has 1 aromatic heterocycles. The van der Waals surface area contributed by atoms with E-state index in [1.54, 1.807) is 6.20 Å². The molecule has 1 unspecified atom stereocenters. The molecule has 0 aliphatic rings. The summed E-state index contributed by atoms with van der Waals surface area (Å²) in [6, 6.07) is 9.72. The summed E-state index contributed by atoms with van der Waals surface area (Å²) in [6.45, 7) is 6.36. The average molecular weight is 450 g/mol. The average Bonchev–Trinajstić information content (AvgIpc) is 3.27. The Morgan fingerprint density at radius 2 is 1.69 bits per heavy atom. The molecule has 0 aliphatic heterocycles. The number of aliphatic carboxylic acids is 2. The Hall–Kier alpha value is -3.37. The number of ether oxygens (including phenoxy) is 2. The number of carboxylic acid groups (broad SMARTS) is 2. The summed E-state index contributed by atoms with van der Waals surface area (Å²) in [5.74, 6) is -0.980. The summed E-state index contributed by atoms with van der Waals surface area (Å²) in [5, 5.41) is 32.8. The summed E-state index contributed by atoms with van der Waals surface area (Å²) in [4.78, 5) is 19.1. The van der Waals surface area contributed by atoms with E-state index in [0.29, 0.717) is 31.3 Å². The van der Waals surface area contributed by atoms with E-state index in [1.807, 2.05) is 55.1 Å². The molecule has 0 saturated heterocycles. The van der Waals surface area contributed by atoms with Crippen LogP contribution in [-0.4, -0.2) is 68.9 Å². The number of aliphatic hydroxyl groups is 1. The number of aliphatic hydroxyl groups excluding tert-OH is 1. The third-order valence-corrected chi connectivity index (χ3v) is 3.76. The minimum atomic E-state index is -1.26. The molecule has 10 nitrogen and oxygen atoms in total. The minimum absolute atomic E-state index is 0.268. The van der Waals surface area contributed by atoms with Crippen LogP contribution in [0.5, 0.6) is 11.5 Å². The lowest BCUT2D eigenvalue weighted by atomic mass is 10.3. The van der Waals surface area contributed by atoms with Crippen molar-refractivity contribution in [2.24, 2.45) is 0 Å². The smallest absolute Gasteiger partial charge is 0.328 e. The van der Waals surface area contributed by atoms with Crippen LogP contribution in [0, 0.1) is 0 Å². The summed E-state index contributed by atoms with van der Waals surface area (Å²) in [6.07, 6.45) is 5.21. The second-order valence-electron chi connectivity index (χ2n) is 6.98. The number of nitrogens with one attached hydrogen (secondary N) is 1. The lowest BCUT2D eigenvalue weighted by Crippen LogP contribution is -2.35. The molecule has 4 N–H and O–H groups in total. The zero-order chi connectivity index (χ0) is 23.8. The van der Waals surface area contributed by atoms with Crippen molar-refractivity contribution in [3.05, 3.63) is 54.9 Å². The maximum absolute atomic E-state index is 9.82. The van der Waals surface area contributed by atoms with Crippen LogP contribution >= 0.6 is 0 Å². The van der Waals surface area contributed by atoms with Crippen LogP contribution in [0.15, 0.2) is 54.9 Å². The van der Waals surface area contributed by atoms with Crippen LogP contribution in [0.3, 0.4) is 0 Å². The van der Waals surface area contributed by atoms with Crippen LogP contribution in [0.25, 0.3) is 0 Å². The van der Waals surface area contributed by atoms with E-state index >= 15 is 0 Å². The molecule has 0 bridgehead atoms. The van der Waals surface area contributed by atoms with Gasteiger partial charge in [0, 0.05) is 50.1 Å². The maximum Gasteiger partial charge on any atom is 0.328 e. The molecule has 0 fully saturated rings. The van der Waals surface area contributed by atoms with Crippen LogP contribution in [0.2, 0.25) is 0 Å². The highest BCUT2D eigenvalue weighted by atomic mass is 16.5. The largest absolute Gasteiger partial charge is 0.494 e. The number of carboxylic acids is 2. The zero-order valence-corrected chi connectivity index (χ0v) is 18.3. The first kappa shape index (κ1) is 26.7. The van der Waals surface area contributed by atoms with Crippen molar-refractivity contribution < 1.29 is 34.4 Å². The fourth-order valence-corrected chi connectivity index (χ4v) is 2.25. The predicted octanol–water partition coefficient (Wildman–Crippen LogP) is 1.80. The second kappa shape index (κ2) is 15.4. The molecule has 10 heteroatoms. The van der Waals surface area contributed by atoms with E-state index in [0.717, 1.165) is 24.5 Å². The molecule has 2 aromatic rings. The molecule has 0 spiro atoms. The highest BCUT2D eigenvalue weighted by molar-refractivity contribution is 5.89. The van der Waals surface area contributed by atoms with Gasteiger partial charge in [-0.25, -0.2) is 9.59 Å². The molecule has 176 valence electrons. The number of nitrogens with zero attached hydrogens (tertiary/aromatic N) is 2. The van der Waals surface area contributed by atoms with Gasteiger partial charge in [-0.05, 0) is 30.3 Å². The highest BCUT2D eigenvalue weighted by Gasteiger charge is 2.06. The second-order valence-corrected chi connectivity index (χ2v) is 6.98. The third-order valence-electron chi connectivity index (χ3n) is 3.76. The van der Waals surface area contributed by atoms with Gasteiger partial charge < -0.3 is 30.1 Å². The monoisotopic (exact) mass is 449 g/mol. The Kier molecular flexibility index (Phi) is 12.9. The van der Waals surface area contributed by atoms with Crippen molar-refractivity contribution in [1.82, 2.24) is 15.1 Å². The number of hydrogen-bond donors (Lipinski definition) is 4. The van der Waals surface area contributed by atoms with Crippen LogP contribution in [0.4, 0.5) is 0 Å². The van der Waals surface area contributed by atoms with Crippen LogP contribution in [-0.2, 0) is 16.1 Å². The molecule has 0 aliphatic carbocycles. The van der Waals surface area contributed by atoms with E-state index < -0.39 is 18.0 Å². The Morgan fingerprint density at radius 1 is 1.09 bits per heavy atom. The topological polar surface area (TPSA) is 143 Å². The lowest BCUT2D eigenvalue weighted by Gasteiger charge is -2.15. The fourth-order valence-electron chi connectivity index (χ4n) is 2.25. The lowest BCUT2D eigenvalue weighted by molar-refractivity contribution is -0.134. The number of aryl methyl sites for hydroxylation is 1. The van der Waals surface area contributed by atoms with E-state index in [-0.39, 0.29) is 6.61 Å². The zero-order valence-electron chi connectivity index (χ0n) is 18.3. The number of rotatable bonds is 13. The molecule has 32 heavy (non-hydrogen) atoms. The molecule has 2 rings (SSSR count). The van der Waals surface area contributed by atoms with Crippen molar-refractivity contribution in [2.45, 2.75) is 39.0 Å². The number of aromatic nitrogens is 2. The molecule has 0 radical (unpaired) electrons. The minimum Gasteiger partial charge on any atom is -0.494 e. The summed E-state index contributed by atoms with van der Waals surface area (Å²) >= 11 is 0. The van der Waals surface area contributed by atoms with Gasteiger partial charge in [-0.1, -0.05) is 13.8 Å². The van der Waals surface area contributed by atoms with E-state index in [9.17, 15) is 14.7 Å². The maximum atomic E-state index is 9.82. The van der Waals surface area contributed by atoms with Gasteiger partial charge in [0.05, 0.1) is 6.61 Å². The van der Waals surface area contributed by atoms with E-state index in [2.05, 4.69) is 10.4 Å². The first-order valence-corrected chi connectivity index (χ1v) is 10.1. The van der Waals surface area contributed by atoms with Gasteiger partial charge in [0.2, 0.25) is 0 Å². The molecular formula is C22H31N3O7. The van der Waals surface area contributed by atoms with Crippen molar-refractivity contribution in [3.8, 4) is 11.5 Å². The Labute approximate surface area is 187 Å². The molecule has 1 heterocycles. The van der Waals surface area contributed by atoms with Gasteiger partial charge in [0.1, 0.15) is 24.2 Å². The molecule has 1 aromatic carbocycles. The number of benzene rings is 1. The van der Waals surface area contributed by atoms with Crippen LogP contribution < -0.4 is 14.8 Å². The van der Waals surface area contributed by atoms with Crippen molar-refractivity contribution >= 4 is 11.9 Å². The fraction of sp³-hybridized carbons (Fsp3) is 0.409. The Balaban J connectivity index is 0.000000547. The quantitative estimate of drug-likeness (QED) is 0.266. The number of carbonyl (C=O) groups is 2. The van der Waals surface area contributed by atoms with E-state index in [1.165, 1.54) is 0 Å². The van der Waals surface area contributed by atoms with Crippen molar-refractivity contribution in [3.63, 3.8) is 0 Å². The molecule has 0 saturated carbocycles. The van der Waals surface area contributed by atoms with Crippen LogP contribution in [0.1, 0.15) is 20.3 Å². The van der Waals surface area contributed by atoms with Crippen molar-refractivity contribution in [1.29, 1.82) is 0 Å². The normalized spacial score (nSPS) is 11.6. The third kappa shape index (κ3) is 13.8. The summed E-state index contributed by atoms with van der Waals surface area (Å²) in [7, 11) is 0. The molecular weight excluding hydrogens is 418 g/mol. The Bertz CT molecular complexity index is 789. The summed E-state index contributed by atoms with van der Waals surface area (Å²) < 4.78 is 13.2. The molecule has 1 atom stereocenters. The van der Waals surface area contributed by atoms with Gasteiger partial charge in [0.25, 0.3) is 0 Å². The van der Waals surface area contributed by atoms with E-state index in [4.69, 9.17) is 19.7 Å². The number of hydrogen-bond acceptors (Lipinski definition) is 7. The molecule has 0 amide bonds. The SMILES string of the molecule is CC(C)NCC(O)COc1ccc(OCCCn2cccn2)cc1.O=C(O)C=CC(=O)O. The predicted molar refractivity (Wildman–Crippen MR) is 118 cm³/mol. The van der Waals surface area contributed by atoms with Crippen molar-refractivity contribution in [2.75, 3.05) is 19.8 Å². The van der Waals surface area contributed by atoms with Gasteiger partial charge in [-0.2, -0.15) is 5.10 Å². The van der Waals surface area contributed by atoms with Gasteiger partial charge in [0.15, 0.2) is 0 Å².